The number of nitrogens with one attached hydrogen (secondary N) is 1. The van der Waals surface area contributed by atoms with Crippen molar-refractivity contribution in [1.82, 2.24) is 20.1 Å². The number of nitrogens with zero attached hydrogens (tertiary/aromatic N) is 3. The molecular formula is C9H16N4. The molecule has 1 heterocycles. The Balaban J connectivity index is 1.92. The molecule has 0 radical (unpaired) electrons. The molecule has 4 nitrogen and oxygen atoms in total. The van der Waals surface area contributed by atoms with Gasteiger partial charge in [-0.1, -0.05) is 0 Å². The Bertz CT molecular complexity index is 236. The first kappa shape index (κ1) is 8.69. The summed E-state index contributed by atoms with van der Waals surface area (Å²) in [5.74, 6) is 0. The van der Waals surface area contributed by atoms with Gasteiger partial charge in [-0.2, -0.15) is 0 Å². The summed E-state index contributed by atoms with van der Waals surface area (Å²) in [7, 11) is 2.05. The highest BCUT2D eigenvalue weighted by molar-refractivity contribution is 4.81. The Morgan fingerprint density at radius 3 is 2.31 bits per heavy atom. The largest absolute Gasteiger partial charge is 0.317 e. The zero-order valence-electron chi connectivity index (χ0n) is 7.98. The van der Waals surface area contributed by atoms with Crippen LogP contribution in [0.5, 0.6) is 0 Å². The molecule has 0 saturated heterocycles. The van der Waals surface area contributed by atoms with Gasteiger partial charge in [-0.3, -0.25) is 0 Å². The molecule has 0 amide bonds. The van der Waals surface area contributed by atoms with Crippen LogP contribution in [0.25, 0.3) is 0 Å². The van der Waals surface area contributed by atoms with Crippen molar-refractivity contribution in [2.24, 2.45) is 0 Å². The summed E-state index contributed by atoms with van der Waals surface area (Å²) in [6, 6.07) is 1.34. The van der Waals surface area contributed by atoms with Crippen molar-refractivity contribution in [3.63, 3.8) is 0 Å². The fourth-order valence-corrected chi connectivity index (χ4v) is 2.06. The molecule has 72 valence electrons. The number of hydrogen-bond donors (Lipinski definition) is 1. The minimum absolute atomic E-state index is 0.625. The van der Waals surface area contributed by atoms with E-state index < -0.39 is 0 Å². The normalized spacial score (nSPS) is 29.0. The highest BCUT2D eigenvalue weighted by Crippen LogP contribution is 2.27. The fraction of sp³-hybridized carbons (Fsp3) is 0.778. The van der Waals surface area contributed by atoms with E-state index in [9.17, 15) is 0 Å². The zero-order valence-corrected chi connectivity index (χ0v) is 7.98. The van der Waals surface area contributed by atoms with Gasteiger partial charge in [0.05, 0.1) is 0 Å². The second-order valence-corrected chi connectivity index (χ2v) is 3.70. The summed E-state index contributed by atoms with van der Waals surface area (Å²) < 4.78 is 2.13. The summed E-state index contributed by atoms with van der Waals surface area (Å²) in [6.45, 7) is 0. The van der Waals surface area contributed by atoms with E-state index in [1.54, 1.807) is 0 Å². The molecule has 1 aromatic rings. The summed E-state index contributed by atoms with van der Waals surface area (Å²) in [5, 5.41) is 11.0. The first-order chi connectivity index (χ1) is 6.40. The molecule has 1 aliphatic carbocycles. The molecule has 1 aromatic heterocycles. The van der Waals surface area contributed by atoms with E-state index in [-0.39, 0.29) is 0 Å². The van der Waals surface area contributed by atoms with Crippen molar-refractivity contribution < 1.29 is 0 Å². The molecule has 13 heavy (non-hydrogen) atoms. The first-order valence-electron chi connectivity index (χ1n) is 4.91. The van der Waals surface area contributed by atoms with Gasteiger partial charge in [0, 0.05) is 12.1 Å². The zero-order chi connectivity index (χ0) is 9.10. The van der Waals surface area contributed by atoms with E-state index in [2.05, 4.69) is 20.1 Å². The Kier molecular flexibility index (Phi) is 2.59. The monoisotopic (exact) mass is 180 g/mol. The van der Waals surface area contributed by atoms with Crippen LogP contribution in [0.2, 0.25) is 0 Å². The highest BCUT2D eigenvalue weighted by Gasteiger charge is 2.20. The van der Waals surface area contributed by atoms with Crippen molar-refractivity contribution in [1.29, 1.82) is 0 Å². The van der Waals surface area contributed by atoms with Gasteiger partial charge in [-0.25, -0.2) is 0 Å². The van der Waals surface area contributed by atoms with Gasteiger partial charge in [-0.15, -0.1) is 10.2 Å². The fourth-order valence-electron chi connectivity index (χ4n) is 2.06. The SMILES string of the molecule is CNC1CCC(n2cnnc2)CC1. The minimum atomic E-state index is 0.625. The molecule has 0 bridgehead atoms. The van der Waals surface area contributed by atoms with Crippen molar-refractivity contribution in [3.8, 4) is 0 Å². The van der Waals surface area contributed by atoms with Crippen molar-refractivity contribution >= 4 is 0 Å². The summed E-state index contributed by atoms with van der Waals surface area (Å²) in [6.07, 6.45) is 8.65. The third-order valence-electron chi connectivity index (χ3n) is 2.96. The van der Waals surface area contributed by atoms with Crippen LogP contribution in [0, 0.1) is 0 Å². The number of rotatable bonds is 2. The molecule has 0 unspecified atom stereocenters. The third kappa shape index (κ3) is 1.88. The maximum absolute atomic E-state index is 3.83. The molecule has 2 rings (SSSR count). The second-order valence-electron chi connectivity index (χ2n) is 3.70. The lowest BCUT2D eigenvalue weighted by Crippen LogP contribution is -2.30. The van der Waals surface area contributed by atoms with Gasteiger partial charge < -0.3 is 9.88 Å². The standard InChI is InChI=1S/C9H16N4/c1-10-8-2-4-9(5-3-8)13-6-11-12-7-13/h6-10H,2-5H2,1H3. The van der Waals surface area contributed by atoms with Crippen LogP contribution < -0.4 is 5.32 Å². The quantitative estimate of drug-likeness (QED) is 0.737. The van der Waals surface area contributed by atoms with Crippen molar-refractivity contribution in [2.45, 2.75) is 37.8 Å². The van der Waals surface area contributed by atoms with E-state index in [0.29, 0.717) is 12.1 Å². The van der Waals surface area contributed by atoms with Crippen LogP contribution in [-0.4, -0.2) is 27.9 Å². The lowest BCUT2D eigenvalue weighted by Gasteiger charge is -2.28. The maximum atomic E-state index is 3.83. The van der Waals surface area contributed by atoms with E-state index in [1.807, 2.05) is 19.7 Å². The molecular weight excluding hydrogens is 164 g/mol. The van der Waals surface area contributed by atoms with E-state index in [0.717, 1.165) is 0 Å². The van der Waals surface area contributed by atoms with Crippen LogP contribution in [0.4, 0.5) is 0 Å². The van der Waals surface area contributed by atoms with Crippen LogP contribution >= 0.6 is 0 Å². The van der Waals surface area contributed by atoms with E-state index in [4.69, 9.17) is 0 Å². The van der Waals surface area contributed by atoms with Crippen molar-refractivity contribution in [3.05, 3.63) is 12.7 Å². The van der Waals surface area contributed by atoms with Gasteiger partial charge in [0.25, 0.3) is 0 Å². The van der Waals surface area contributed by atoms with Crippen LogP contribution in [0.15, 0.2) is 12.7 Å². The molecule has 1 saturated carbocycles. The summed E-state index contributed by atoms with van der Waals surface area (Å²) in [4.78, 5) is 0. The van der Waals surface area contributed by atoms with Gasteiger partial charge >= 0.3 is 0 Å². The average molecular weight is 180 g/mol. The molecule has 4 heteroatoms. The molecule has 1 N–H and O–H groups in total. The topological polar surface area (TPSA) is 42.7 Å². The lowest BCUT2D eigenvalue weighted by atomic mass is 9.91. The van der Waals surface area contributed by atoms with Crippen LogP contribution in [0.1, 0.15) is 31.7 Å². The smallest absolute Gasteiger partial charge is 0.119 e. The third-order valence-corrected chi connectivity index (χ3v) is 2.96. The van der Waals surface area contributed by atoms with Gasteiger partial charge in [0.15, 0.2) is 0 Å². The Morgan fingerprint density at radius 1 is 1.15 bits per heavy atom. The maximum Gasteiger partial charge on any atom is 0.119 e. The minimum Gasteiger partial charge on any atom is -0.317 e. The molecule has 0 aromatic carbocycles. The predicted molar refractivity (Wildman–Crippen MR) is 50.4 cm³/mol. The number of hydrogen-bond acceptors (Lipinski definition) is 3. The summed E-state index contributed by atoms with van der Waals surface area (Å²) >= 11 is 0. The Hall–Kier alpha value is -0.900. The van der Waals surface area contributed by atoms with Gasteiger partial charge in [0.1, 0.15) is 12.7 Å². The molecule has 0 spiro atoms. The van der Waals surface area contributed by atoms with Gasteiger partial charge in [-0.05, 0) is 32.7 Å². The first-order valence-corrected chi connectivity index (χ1v) is 4.91. The Morgan fingerprint density at radius 2 is 1.77 bits per heavy atom. The summed E-state index contributed by atoms with van der Waals surface area (Å²) in [5.41, 5.74) is 0. The molecule has 1 aliphatic rings. The highest BCUT2D eigenvalue weighted by atomic mass is 15.2. The lowest BCUT2D eigenvalue weighted by molar-refractivity contribution is 0.300. The Labute approximate surface area is 78.4 Å². The van der Waals surface area contributed by atoms with Crippen molar-refractivity contribution in [2.75, 3.05) is 7.05 Å². The average Bonchev–Trinajstić information content (AvgIpc) is 2.71. The van der Waals surface area contributed by atoms with E-state index >= 15 is 0 Å². The van der Waals surface area contributed by atoms with Gasteiger partial charge in [0.2, 0.25) is 0 Å². The molecule has 0 aliphatic heterocycles. The van der Waals surface area contributed by atoms with E-state index in [1.165, 1.54) is 25.7 Å². The number of aromatic nitrogens is 3. The van der Waals surface area contributed by atoms with Crippen LogP contribution in [-0.2, 0) is 0 Å². The molecule has 1 fully saturated rings. The second kappa shape index (κ2) is 3.87. The van der Waals surface area contributed by atoms with Crippen LogP contribution in [0.3, 0.4) is 0 Å². The predicted octanol–water partition coefficient (Wildman–Crippen LogP) is 0.981. The molecule has 0 atom stereocenters.